The van der Waals surface area contributed by atoms with E-state index in [1.54, 1.807) is 5.01 Å². The number of rotatable bonds is 3. The molecule has 1 rings (SSSR count). The number of aryl methyl sites for hydroxylation is 2. The lowest BCUT2D eigenvalue weighted by Crippen LogP contribution is -2.37. The van der Waals surface area contributed by atoms with Gasteiger partial charge in [-0.25, -0.2) is 5.01 Å². The van der Waals surface area contributed by atoms with Crippen molar-refractivity contribution in [3.63, 3.8) is 0 Å². The van der Waals surface area contributed by atoms with Crippen molar-refractivity contribution >= 4 is 5.91 Å². The van der Waals surface area contributed by atoms with E-state index < -0.39 is 0 Å². The molecule has 0 saturated heterocycles. The average Bonchev–Trinajstić information content (AvgIpc) is 2.20. The minimum absolute atomic E-state index is 0.0275. The van der Waals surface area contributed by atoms with E-state index in [0.717, 1.165) is 5.56 Å². The fourth-order valence-electron chi connectivity index (χ4n) is 2.15. The van der Waals surface area contributed by atoms with Crippen molar-refractivity contribution in [2.45, 2.75) is 46.5 Å². The van der Waals surface area contributed by atoms with Crippen LogP contribution in [0.2, 0.25) is 0 Å². The Morgan fingerprint density at radius 2 is 1.63 bits per heavy atom. The topological polar surface area (TPSA) is 32.3 Å². The highest BCUT2D eigenvalue weighted by Crippen LogP contribution is 2.27. The third-order valence-electron chi connectivity index (χ3n) is 3.25. The average molecular weight is 262 g/mol. The summed E-state index contributed by atoms with van der Waals surface area (Å²) >= 11 is 0. The molecule has 1 aromatic rings. The van der Waals surface area contributed by atoms with Gasteiger partial charge in [0.15, 0.2) is 0 Å². The second-order valence-corrected chi connectivity index (χ2v) is 6.44. The summed E-state index contributed by atoms with van der Waals surface area (Å²) in [7, 11) is 3.64. The van der Waals surface area contributed by atoms with E-state index in [0.29, 0.717) is 6.42 Å². The highest BCUT2D eigenvalue weighted by atomic mass is 16.2. The van der Waals surface area contributed by atoms with Gasteiger partial charge in [0.1, 0.15) is 0 Å². The zero-order chi connectivity index (χ0) is 14.8. The maximum atomic E-state index is 11.9. The molecule has 0 aliphatic heterocycles. The SMILES string of the molecule is Cc1cc(C(C)(C)C)cc(C)c1CC(=O)NN(C)C. The van der Waals surface area contributed by atoms with Crippen LogP contribution < -0.4 is 5.43 Å². The third-order valence-corrected chi connectivity index (χ3v) is 3.25. The molecule has 106 valence electrons. The summed E-state index contributed by atoms with van der Waals surface area (Å²) in [4.78, 5) is 11.9. The van der Waals surface area contributed by atoms with Crippen LogP contribution in [0.5, 0.6) is 0 Å². The first kappa shape index (κ1) is 15.7. The minimum Gasteiger partial charge on any atom is -0.289 e. The molecule has 1 aromatic carbocycles. The van der Waals surface area contributed by atoms with Crippen molar-refractivity contribution in [3.05, 3.63) is 34.4 Å². The minimum atomic E-state index is 0.0275. The predicted octanol–water partition coefficient (Wildman–Crippen LogP) is 2.74. The largest absolute Gasteiger partial charge is 0.289 e. The molecule has 0 aromatic heterocycles. The molecule has 19 heavy (non-hydrogen) atoms. The molecule has 0 bridgehead atoms. The van der Waals surface area contributed by atoms with Crippen molar-refractivity contribution in [2.24, 2.45) is 0 Å². The third kappa shape index (κ3) is 4.35. The molecule has 3 nitrogen and oxygen atoms in total. The van der Waals surface area contributed by atoms with Crippen LogP contribution in [0.1, 0.15) is 43.0 Å². The Bertz CT molecular complexity index is 447. The second kappa shape index (κ2) is 5.74. The fourth-order valence-corrected chi connectivity index (χ4v) is 2.15. The van der Waals surface area contributed by atoms with E-state index in [4.69, 9.17) is 0 Å². The fraction of sp³-hybridized carbons (Fsp3) is 0.562. The summed E-state index contributed by atoms with van der Waals surface area (Å²) in [5, 5.41) is 1.68. The normalized spacial score (nSPS) is 11.8. The van der Waals surface area contributed by atoms with Gasteiger partial charge in [-0.2, -0.15) is 0 Å². The van der Waals surface area contributed by atoms with Gasteiger partial charge in [-0.15, -0.1) is 0 Å². The number of hydrogen-bond donors (Lipinski definition) is 1. The smallest absolute Gasteiger partial charge is 0.238 e. The van der Waals surface area contributed by atoms with Crippen LogP contribution in [0.15, 0.2) is 12.1 Å². The molecule has 0 atom stereocenters. The van der Waals surface area contributed by atoms with Crippen LogP contribution in [0, 0.1) is 13.8 Å². The Hall–Kier alpha value is -1.35. The summed E-state index contributed by atoms with van der Waals surface area (Å²) in [6.07, 6.45) is 0.431. The van der Waals surface area contributed by atoms with Crippen molar-refractivity contribution in [1.29, 1.82) is 0 Å². The Morgan fingerprint density at radius 3 is 2.00 bits per heavy atom. The number of hydrogen-bond acceptors (Lipinski definition) is 2. The van der Waals surface area contributed by atoms with Crippen LogP contribution in [0.25, 0.3) is 0 Å². The molecule has 3 heteroatoms. The Morgan fingerprint density at radius 1 is 1.16 bits per heavy atom. The number of nitrogens with one attached hydrogen (secondary N) is 1. The van der Waals surface area contributed by atoms with Gasteiger partial charge in [0.25, 0.3) is 0 Å². The van der Waals surface area contributed by atoms with Crippen LogP contribution in [0.3, 0.4) is 0 Å². The van der Waals surface area contributed by atoms with Gasteiger partial charge in [0.2, 0.25) is 5.91 Å². The van der Waals surface area contributed by atoms with Gasteiger partial charge in [0.05, 0.1) is 6.42 Å². The quantitative estimate of drug-likeness (QED) is 0.850. The van der Waals surface area contributed by atoms with Gasteiger partial charge in [0, 0.05) is 14.1 Å². The van der Waals surface area contributed by atoms with Crippen LogP contribution in [0.4, 0.5) is 0 Å². The van der Waals surface area contributed by atoms with E-state index in [2.05, 4.69) is 52.2 Å². The molecule has 0 fully saturated rings. The highest BCUT2D eigenvalue weighted by molar-refractivity contribution is 5.79. The first-order valence-electron chi connectivity index (χ1n) is 6.68. The molecule has 1 N–H and O–H groups in total. The molecule has 0 radical (unpaired) electrons. The van der Waals surface area contributed by atoms with Crippen LogP contribution in [-0.2, 0) is 16.6 Å². The summed E-state index contributed by atoms with van der Waals surface area (Å²) in [6, 6.07) is 4.40. The van der Waals surface area contributed by atoms with E-state index in [9.17, 15) is 4.79 Å². The van der Waals surface area contributed by atoms with Gasteiger partial charge < -0.3 is 0 Å². The molecular formula is C16H26N2O. The van der Waals surface area contributed by atoms with Gasteiger partial charge in [-0.1, -0.05) is 32.9 Å². The number of benzene rings is 1. The molecule has 0 unspecified atom stereocenters. The van der Waals surface area contributed by atoms with Crippen LogP contribution >= 0.6 is 0 Å². The summed E-state index contributed by atoms with van der Waals surface area (Å²) in [5.41, 5.74) is 7.76. The van der Waals surface area contributed by atoms with E-state index in [1.807, 2.05) is 14.1 Å². The number of hydrazine groups is 1. The lowest BCUT2D eigenvalue weighted by molar-refractivity contribution is -0.124. The Labute approximate surface area is 117 Å². The molecule has 1 amide bonds. The lowest BCUT2D eigenvalue weighted by atomic mass is 9.83. The maximum Gasteiger partial charge on any atom is 0.238 e. The van der Waals surface area contributed by atoms with Gasteiger partial charge in [-0.3, -0.25) is 10.2 Å². The number of nitrogens with zero attached hydrogens (tertiary/aromatic N) is 1. The molecule has 0 spiro atoms. The lowest BCUT2D eigenvalue weighted by Gasteiger charge is -2.22. The Kier molecular flexibility index (Phi) is 4.75. The van der Waals surface area contributed by atoms with Crippen molar-refractivity contribution < 1.29 is 4.79 Å². The first-order valence-corrected chi connectivity index (χ1v) is 6.68. The number of amides is 1. The van der Waals surface area contributed by atoms with Crippen molar-refractivity contribution in [2.75, 3.05) is 14.1 Å². The van der Waals surface area contributed by atoms with Crippen molar-refractivity contribution in [1.82, 2.24) is 10.4 Å². The molecular weight excluding hydrogens is 236 g/mol. The molecule has 0 saturated carbocycles. The zero-order valence-corrected chi connectivity index (χ0v) is 13.2. The van der Waals surface area contributed by atoms with Crippen LogP contribution in [-0.4, -0.2) is 25.0 Å². The monoisotopic (exact) mass is 262 g/mol. The Balaban J connectivity index is 3.01. The van der Waals surface area contributed by atoms with E-state index >= 15 is 0 Å². The van der Waals surface area contributed by atoms with E-state index in [1.165, 1.54) is 16.7 Å². The van der Waals surface area contributed by atoms with Crippen molar-refractivity contribution in [3.8, 4) is 0 Å². The van der Waals surface area contributed by atoms with Gasteiger partial charge >= 0.3 is 0 Å². The summed E-state index contributed by atoms with van der Waals surface area (Å²) < 4.78 is 0. The first-order chi connectivity index (χ1) is 8.61. The second-order valence-electron chi connectivity index (χ2n) is 6.44. The summed E-state index contributed by atoms with van der Waals surface area (Å²) in [5.74, 6) is 0.0275. The number of carbonyl (C=O) groups excluding carboxylic acids is 1. The van der Waals surface area contributed by atoms with E-state index in [-0.39, 0.29) is 11.3 Å². The van der Waals surface area contributed by atoms with Gasteiger partial charge in [-0.05, 0) is 41.5 Å². The molecule has 0 heterocycles. The molecule has 0 aliphatic carbocycles. The predicted molar refractivity (Wildman–Crippen MR) is 80.1 cm³/mol. The molecule has 0 aliphatic rings. The highest BCUT2D eigenvalue weighted by Gasteiger charge is 2.17. The summed E-state index contributed by atoms with van der Waals surface area (Å²) in [6.45, 7) is 10.8. The zero-order valence-electron chi connectivity index (χ0n) is 13.2. The standard InChI is InChI=1S/C16H26N2O/c1-11-8-13(16(3,4)5)9-12(2)14(11)10-15(19)17-18(6)7/h8-9H,10H2,1-7H3,(H,17,19). The maximum absolute atomic E-state index is 11.9. The number of carbonyl (C=O) groups is 1.